The molecule has 1 aromatic heterocycles. The molecule has 1 heterocycles. The zero-order valence-electron chi connectivity index (χ0n) is 19.1. The number of para-hydroxylation sites is 1. The zero-order valence-corrected chi connectivity index (χ0v) is 21.4. The topological polar surface area (TPSA) is 136 Å². The molecule has 4 aromatic rings. The Morgan fingerprint density at radius 1 is 0.946 bits per heavy atom. The van der Waals surface area contributed by atoms with Crippen LogP contribution in [0.25, 0.3) is 5.69 Å². The lowest BCUT2D eigenvalue weighted by Gasteiger charge is -2.20. The van der Waals surface area contributed by atoms with E-state index in [1.54, 1.807) is 19.1 Å². The van der Waals surface area contributed by atoms with Crippen molar-refractivity contribution in [2.24, 2.45) is 0 Å². The summed E-state index contributed by atoms with van der Waals surface area (Å²) in [5.74, 6) is -0.898. The number of sulfonamides is 1. The van der Waals surface area contributed by atoms with Crippen LogP contribution >= 0.6 is 23.2 Å². The molecule has 4 rings (SSSR count). The first-order valence-electron chi connectivity index (χ1n) is 10.7. The van der Waals surface area contributed by atoms with Crippen molar-refractivity contribution in [2.45, 2.75) is 11.8 Å². The number of hydrogen-bond donors (Lipinski definition) is 1. The Morgan fingerprint density at radius 2 is 1.59 bits per heavy atom. The number of aromatic nitrogens is 4. The molecule has 0 aliphatic heterocycles. The van der Waals surface area contributed by atoms with E-state index in [-0.39, 0.29) is 38.4 Å². The Hall–Kier alpha value is -4.00. The highest BCUT2D eigenvalue weighted by Crippen LogP contribution is 2.26. The first kappa shape index (κ1) is 26.1. The molecule has 0 aliphatic rings. The van der Waals surface area contributed by atoms with Crippen LogP contribution in [0, 0.1) is 0 Å². The van der Waals surface area contributed by atoms with Crippen LogP contribution in [0.1, 0.15) is 17.3 Å². The molecule has 0 saturated carbocycles. The minimum atomic E-state index is -4.11. The Balaban J connectivity index is 1.62. The monoisotopic (exact) mass is 560 g/mol. The van der Waals surface area contributed by atoms with Gasteiger partial charge in [-0.3, -0.25) is 9.69 Å². The van der Waals surface area contributed by atoms with E-state index in [2.05, 4.69) is 10.4 Å². The fraction of sp³-hybridized carbons (Fsp3) is 0.0870. The molecule has 0 saturated heterocycles. The lowest BCUT2D eigenvalue weighted by molar-refractivity contribution is 0.0981. The SMILES string of the molecule is CCN(C(=O)n1nnn(-c2c(Cl)cccc2Cl)c1=O)c1cccc(C(=O)NS(=O)(=O)c2ccccc2)c1. The summed E-state index contributed by atoms with van der Waals surface area (Å²) in [7, 11) is -4.11. The van der Waals surface area contributed by atoms with Crippen molar-refractivity contribution < 1.29 is 18.0 Å². The van der Waals surface area contributed by atoms with Crippen LogP contribution in [0.2, 0.25) is 10.0 Å². The Labute approximate surface area is 220 Å². The van der Waals surface area contributed by atoms with Gasteiger partial charge in [0.05, 0.1) is 14.9 Å². The van der Waals surface area contributed by atoms with Gasteiger partial charge in [0.1, 0.15) is 5.69 Å². The molecule has 14 heteroatoms. The second-order valence-corrected chi connectivity index (χ2v) is 9.98. The maximum Gasteiger partial charge on any atom is 0.377 e. The standard InChI is InChI=1S/C23H18Cl2N6O5S/c1-2-29(22(33)31-23(34)30(27-28-31)20-18(24)12-7-13-19(20)25)16-9-6-8-15(14-16)21(32)26-37(35,36)17-10-4-3-5-11-17/h3-14H,2H2,1H3,(H,26,32). The van der Waals surface area contributed by atoms with Crippen molar-refractivity contribution in [1.29, 1.82) is 0 Å². The molecule has 0 atom stereocenters. The summed E-state index contributed by atoms with van der Waals surface area (Å²) in [5.41, 5.74) is -0.658. The van der Waals surface area contributed by atoms with Crippen molar-refractivity contribution in [2.75, 3.05) is 11.4 Å². The number of carbonyl (C=O) groups excluding carboxylic acids is 2. The van der Waals surface area contributed by atoms with E-state index in [4.69, 9.17) is 23.2 Å². The van der Waals surface area contributed by atoms with E-state index in [9.17, 15) is 22.8 Å². The van der Waals surface area contributed by atoms with Crippen LogP contribution in [0.4, 0.5) is 10.5 Å². The molecule has 0 aliphatic carbocycles. The van der Waals surface area contributed by atoms with E-state index >= 15 is 0 Å². The average Bonchev–Trinajstić information content (AvgIpc) is 3.25. The fourth-order valence-corrected chi connectivity index (χ4v) is 4.95. The maximum atomic E-state index is 13.2. The number of nitrogens with zero attached hydrogens (tertiary/aromatic N) is 5. The average molecular weight is 561 g/mol. The lowest BCUT2D eigenvalue weighted by atomic mass is 10.2. The maximum absolute atomic E-state index is 13.2. The largest absolute Gasteiger partial charge is 0.377 e. The van der Waals surface area contributed by atoms with Crippen molar-refractivity contribution >= 4 is 50.9 Å². The number of anilines is 1. The van der Waals surface area contributed by atoms with Gasteiger partial charge in [0, 0.05) is 17.8 Å². The van der Waals surface area contributed by atoms with E-state index in [1.165, 1.54) is 60.7 Å². The summed E-state index contributed by atoms with van der Waals surface area (Å²) in [6.45, 7) is 1.73. The summed E-state index contributed by atoms with van der Waals surface area (Å²) < 4.78 is 28.4. The molecule has 1 N–H and O–H groups in total. The number of rotatable bonds is 6. The van der Waals surface area contributed by atoms with Gasteiger partial charge >= 0.3 is 11.7 Å². The fourth-order valence-electron chi connectivity index (χ4n) is 3.40. The van der Waals surface area contributed by atoms with Gasteiger partial charge < -0.3 is 0 Å². The third-order valence-corrected chi connectivity index (χ3v) is 7.12. The van der Waals surface area contributed by atoms with Gasteiger partial charge in [-0.2, -0.15) is 4.68 Å². The number of benzene rings is 3. The van der Waals surface area contributed by atoms with Crippen LogP contribution in [0.15, 0.2) is 82.5 Å². The molecule has 2 amide bonds. The highest BCUT2D eigenvalue weighted by Gasteiger charge is 2.25. The third kappa shape index (κ3) is 5.26. The number of carbonyl (C=O) groups is 2. The summed E-state index contributed by atoms with van der Waals surface area (Å²) in [6, 6.07) is 16.8. The van der Waals surface area contributed by atoms with Gasteiger partial charge in [-0.25, -0.2) is 22.7 Å². The molecule has 0 fully saturated rings. The molecule has 3 aromatic carbocycles. The third-order valence-electron chi connectivity index (χ3n) is 5.16. The highest BCUT2D eigenvalue weighted by atomic mass is 35.5. The predicted molar refractivity (Wildman–Crippen MR) is 137 cm³/mol. The lowest BCUT2D eigenvalue weighted by Crippen LogP contribution is -2.41. The van der Waals surface area contributed by atoms with Crippen LogP contribution < -0.4 is 15.3 Å². The van der Waals surface area contributed by atoms with Crippen LogP contribution in [0.3, 0.4) is 0 Å². The Morgan fingerprint density at radius 3 is 2.24 bits per heavy atom. The van der Waals surface area contributed by atoms with Gasteiger partial charge in [0.2, 0.25) is 0 Å². The number of nitrogens with one attached hydrogen (secondary N) is 1. The number of hydrogen-bond acceptors (Lipinski definition) is 7. The van der Waals surface area contributed by atoms with E-state index in [0.29, 0.717) is 4.68 Å². The number of tetrazole rings is 1. The molecule has 0 bridgehead atoms. The van der Waals surface area contributed by atoms with Crippen LogP contribution in [-0.2, 0) is 10.0 Å². The van der Waals surface area contributed by atoms with Gasteiger partial charge in [-0.05, 0) is 59.8 Å². The summed E-state index contributed by atoms with van der Waals surface area (Å²) in [6.07, 6.45) is 0. The van der Waals surface area contributed by atoms with E-state index in [1.807, 2.05) is 4.72 Å². The molecular weight excluding hydrogens is 543 g/mol. The molecule has 11 nitrogen and oxygen atoms in total. The molecule has 0 unspecified atom stereocenters. The van der Waals surface area contributed by atoms with E-state index < -0.39 is 27.7 Å². The Bertz CT molecular complexity index is 1630. The summed E-state index contributed by atoms with van der Waals surface area (Å²) >= 11 is 12.3. The van der Waals surface area contributed by atoms with Crippen LogP contribution in [-0.4, -0.2) is 46.7 Å². The number of amides is 2. The second-order valence-electron chi connectivity index (χ2n) is 7.48. The molecule has 0 spiro atoms. The second kappa shape index (κ2) is 10.5. The van der Waals surface area contributed by atoms with Gasteiger partial charge in [-0.1, -0.05) is 53.5 Å². The van der Waals surface area contributed by atoms with E-state index in [0.717, 1.165) is 9.58 Å². The minimum absolute atomic E-state index is 0.0258. The first-order valence-corrected chi connectivity index (χ1v) is 12.9. The normalized spacial score (nSPS) is 11.2. The Kier molecular flexibility index (Phi) is 7.43. The predicted octanol–water partition coefficient (Wildman–Crippen LogP) is 3.35. The first-order chi connectivity index (χ1) is 17.6. The van der Waals surface area contributed by atoms with Gasteiger partial charge in [-0.15, -0.1) is 4.68 Å². The highest BCUT2D eigenvalue weighted by molar-refractivity contribution is 7.90. The number of halogens is 2. The van der Waals surface area contributed by atoms with Crippen molar-refractivity contribution in [3.05, 3.63) is 98.9 Å². The molecular formula is C23H18Cl2N6O5S. The van der Waals surface area contributed by atoms with Gasteiger partial charge in [0.25, 0.3) is 15.9 Å². The zero-order chi connectivity index (χ0) is 26.7. The summed E-state index contributed by atoms with van der Waals surface area (Å²) in [4.78, 5) is 40.0. The van der Waals surface area contributed by atoms with Crippen molar-refractivity contribution in [3.63, 3.8) is 0 Å². The van der Waals surface area contributed by atoms with Crippen molar-refractivity contribution in [3.8, 4) is 5.69 Å². The quantitative estimate of drug-likeness (QED) is 0.357. The molecule has 0 radical (unpaired) electrons. The minimum Gasteiger partial charge on any atom is -0.293 e. The van der Waals surface area contributed by atoms with Gasteiger partial charge in [0.15, 0.2) is 0 Å². The summed E-state index contributed by atoms with van der Waals surface area (Å²) in [5, 5.41) is 7.64. The molecule has 190 valence electrons. The van der Waals surface area contributed by atoms with Crippen molar-refractivity contribution in [1.82, 2.24) is 24.5 Å². The smallest absolute Gasteiger partial charge is 0.293 e. The molecule has 37 heavy (non-hydrogen) atoms. The van der Waals surface area contributed by atoms with Crippen LogP contribution in [0.5, 0.6) is 0 Å².